The Morgan fingerprint density at radius 2 is 2.27 bits per heavy atom. The fraction of sp³-hybridized carbons (Fsp3) is 0.875. The van der Waals surface area contributed by atoms with Gasteiger partial charge in [-0.15, -0.1) is 0 Å². The molecular formula is C8H16O3. The van der Waals surface area contributed by atoms with Crippen LogP contribution in [0.2, 0.25) is 0 Å². The second-order valence-corrected chi connectivity index (χ2v) is 2.63. The van der Waals surface area contributed by atoms with Crippen LogP contribution in [0.15, 0.2) is 0 Å². The van der Waals surface area contributed by atoms with E-state index in [1.807, 2.05) is 6.92 Å². The first kappa shape index (κ1) is 10.4. The van der Waals surface area contributed by atoms with E-state index in [0.29, 0.717) is 19.4 Å². The molecule has 0 aromatic carbocycles. The van der Waals surface area contributed by atoms with Crippen LogP contribution in [0.1, 0.15) is 26.7 Å². The minimum absolute atomic E-state index is 0.139. The first-order valence-electron chi connectivity index (χ1n) is 3.97. The summed E-state index contributed by atoms with van der Waals surface area (Å²) in [7, 11) is 0. The zero-order chi connectivity index (χ0) is 8.69. The highest BCUT2D eigenvalue weighted by atomic mass is 16.5. The number of hydrogen-bond acceptors (Lipinski definition) is 3. The van der Waals surface area contributed by atoms with Gasteiger partial charge in [0.2, 0.25) is 0 Å². The van der Waals surface area contributed by atoms with E-state index in [1.165, 1.54) is 0 Å². The summed E-state index contributed by atoms with van der Waals surface area (Å²) in [6.45, 7) is 4.28. The molecule has 0 heterocycles. The summed E-state index contributed by atoms with van der Waals surface area (Å²) in [5, 5.41) is 8.53. The van der Waals surface area contributed by atoms with Gasteiger partial charge in [0.25, 0.3) is 0 Å². The van der Waals surface area contributed by atoms with Crippen molar-refractivity contribution < 1.29 is 14.6 Å². The first-order chi connectivity index (χ1) is 5.20. The van der Waals surface area contributed by atoms with Crippen molar-refractivity contribution in [3.63, 3.8) is 0 Å². The van der Waals surface area contributed by atoms with E-state index in [2.05, 4.69) is 0 Å². The summed E-state index contributed by atoms with van der Waals surface area (Å²) in [6, 6.07) is 0. The molecule has 3 heteroatoms. The van der Waals surface area contributed by atoms with Crippen molar-refractivity contribution in [3.05, 3.63) is 0 Å². The molecule has 0 rings (SSSR count). The molecule has 3 nitrogen and oxygen atoms in total. The molecule has 0 saturated heterocycles. The molecule has 0 aliphatic carbocycles. The third-order valence-corrected chi connectivity index (χ3v) is 1.44. The summed E-state index contributed by atoms with van der Waals surface area (Å²) in [5.74, 6) is 0.0486. The van der Waals surface area contributed by atoms with Crippen LogP contribution in [0.5, 0.6) is 0 Å². The SMILES string of the molecule is CCOC(=O)C[C@@H](C)CCO. The molecule has 0 spiro atoms. The minimum atomic E-state index is -0.173. The van der Waals surface area contributed by atoms with Crippen LogP contribution in [0.3, 0.4) is 0 Å². The maximum atomic E-state index is 10.8. The molecule has 0 bridgehead atoms. The minimum Gasteiger partial charge on any atom is -0.466 e. The number of carbonyl (C=O) groups excluding carboxylic acids is 1. The Kier molecular flexibility index (Phi) is 5.84. The Hall–Kier alpha value is -0.570. The van der Waals surface area contributed by atoms with Crippen LogP contribution < -0.4 is 0 Å². The van der Waals surface area contributed by atoms with E-state index in [4.69, 9.17) is 9.84 Å². The van der Waals surface area contributed by atoms with E-state index in [0.717, 1.165) is 0 Å². The summed E-state index contributed by atoms with van der Waals surface area (Å²) < 4.78 is 4.74. The van der Waals surface area contributed by atoms with Gasteiger partial charge in [-0.3, -0.25) is 4.79 Å². The van der Waals surface area contributed by atoms with Crippen LogP contribution in [0.25, 0.3) is 0 Å². The van der Waals surface area contributed by atoms with Gasteiger partial charge in [-0.1, -0.05) is 6.92 Å². The van der Waals surface area contributed by atoms with Gasteiger partial charge >= 0.3 is 5.97 Å². The smallest absolute Gasteiger partial charge is 0.306 e. The average molecular weight is 160 g/mol. The standard InChI is InChI=1S/C8H16O3/c1-3-11-8(10)6-7(2)4-5-9/h7,9H,3-6H2,1-2H3/t7-/m0/s1. The second-order valence-electron chi connectivity index (χ2n) is 2.63. The normalized spacial score (nSPS) is 12.6. The molecule has 0 unspecified atom stereocenters. The van der Waals surface area contributed by atoms with Crippen molar-refractivity contribution in [1.82, 2.24) is 0 Å². The Balaban J connectivity index is 3.40. The predicted molar refractivity (Wildman–Crippen MR) is 42.1 cm³/mol. The number of hydrogen-bond donors (Lipinski definition) is 1. The molecule has 0 amide bonds. The summed E-state index contributed by atoms with van der Waals surface area (Å²) in [5.41, 5.74) is 0. The van der Waals surface area contributed by atoms with E-state index in [-0.39, 0.29) is 18.5 Å². The van der Waals surface area contributed by atoms with Gasteiger partial charge < -0.3 is 9.84 Å². The number of carbonyl (C=O) groups is 1. The molecule has 1 atom stereocenters. The van der Waals surface area contributed by atoms with Crippen molar-refractivity contribution in [2.24, 2.45) is 5.92 Å². The molecular weight excluding hydrogens is 144 g/mol. The van der Waals surface area contributed by atoms with E-state index in [9.17, 15) is 4.79 Å². The number of ether oxygens (including phenoxy) is 1. The van der Waals surface area contributed by atoms with Crippen LogP contribution in [-0.4, -0.2) is 24.3 Å². The lowest BCUT2D eigenvalue weighted by Gasteiger charge is -2.07. The molecule has 0 radical (unpaired) electrons. The maximum Gasteiger partial charge on any atom is 0.306 e. The van der Waals surface area contributed by atoms with Crippen LogP contribution >= 0.6 is 0 Å². The highest BCUT2D eigenvalue weighted by molar-refractivity contribution is 5.69. The first-order valence-corrected chi connectivity index (χ1v) is 3.97. The van der Waals surface area contributed by atoms with E-state index >= 15 is 0 Å². The molecule has 0 fully saturated rings. The average Bonchev–Trinajstić information content (AvgIpc) is 1.87. The highest BCUT2D eigenvalue weighted by Crippen LogP contribution is 2.07. The zero-order valence-electron chi connectivity index (χ0n) is 7.17. The second kappa shape index (κ2) is 6.16. The Labute approximate surface area is 67.4 Å². The molecule has 66 valence electrons. The van der Waals surface area contributed by atoms with E-state index in [1.54, 1.807) is 6.92 Å². The molecule has 11 heavy (non-hydrogen) atoms. The molecule has 0 aliphatic heterocycles. The van der Waals surface area contributed by atoms with Gasteiger partial charge in [-0.2, -0.15) is 0 Å². The Morgan fingerprint density at radius 1 is 1.64 bits per heavy atom. The molecule has 0 aromatic heterocycles. The third kappa shape index (κ3) is 5.85. The number of aliphatic hydroxyl groups excluding tert-OH is 1. The maximum absolute atomic E-state index is 10.8. The fourth-order valence-corrected chi connectivity index (χ4v) is 0.827. The van der Waals surface area contributed by atoms with Crippen molar-refractivity contribution in [2.75, 3.05) is 13.2 Å². The zero-order valence-corrected chi connectivity index (χ0v) is 7.17. The topological polar surface area (TPSA) is 46.5 Å². The fourth-order valence-electron chi connectivity index (χ4n) is 0.827. The lowest BCUT2D eigenvalue weighted by Crippen LogP contribution is -2.10. The van der Waals surface area contributed by atoms with Crippen molar-refractivity contribution in [2.45, 2.75) is 26.7 Å². The van der Waals surface area contributed by atoms with Crippen LogP contribution in [-0.2, 0) is 9.53 Å². The lowest BCUT2D eigenvalue weighted by molar-refractivity contribution is -0.144. The highest BCUT2D eigenvalue weighted by Gasteiger charge is 2.08. The van der Waals surface area contributed by atoms with Gasteiger partial charge in [0.05, 0.1) is 6.61 Å². The van der Waals surface area contributed by atoms with E-state index < -0.39 is 0 Å². The molecule has 0 saturated carbocycles. The monoisotopic (exact) mass is 160 g/mol. The lowest BCUT2D eigenvalue weighted by atomic mass is 10.1. The van der Waals surface area contributed by atoms with Gasteiger partial charge in [-0.25, -0.2) is 0 Å². The molecule has 1 N–H and O–H groups in total. The van der Waals surface area contributed by atoms with Gasteiger partial charge in [-0.05, 0) is 19.3 Å². The van der Waals surface area contributed by atoms with Gasteiger partial charge in [0.1, 0.15) is 0 Å². The summed E-state index contributed by atoms with van der Waals surface area (Å²) in [6.07, 6.45) is 1.08. The number of aliphatic hydroxyl groups is 1. The predicted octanol–water partition coefficient (Wildman–Crippen LogP) is 0.958. The van der Waals surface area contributed by atoms with Gasteiger partial charge in [0, 0.05) is 13.0 Å². The van der Waals surface area contributed by atoms with Crippen LogP contribution in [0, 0.1) is 5.92 Å². The molecule has 0 aliphatic rings. The van der Waals surface area contributed by atoms with Crippen LogP contribution in [0.4, 0.5) is 0 Å². The number of rotatable bonds is 5. The summed E-state index contributed by atoms with van der Waals surface area (Å²) in [4.78, 5) is 10.8. The van der Waals surface area contributed by atoms with Gasteiger partial charge in [0.15, 0.2) is 0 Å². The number of esters is 1. The van der Waals surface area contributed by atoms with Crippen molar-refractivity contribution >= 4 is 5.97 Å². The van der Waals surface area contributed by atoms with Crippen molar-refractivity contribution in [1.29, 1.82) is 0 Å². The molecule has 0 aromatic rings. The summed E-state index contributed by atoms with van der Waals surface area (Å²) >= 11 is 0. The largest absolute Gasteiger partial charge is 0.466 e. The Morgan fingerprint density at radius 3 is 2.73 bits per heavy atom. The Bertz CT molecular complexity index is 112. The quantitative estimate of drug-likeness (QED) is 0.609. The van der Waals surface area contributed by atoms with Crippen molar-refractivity contribution in [3.8, 4) is 0 Å². The third-order valence-electron chi connectivity index (χ3n) is 1.44.